The van der Waals surface area contributed by atoms with Crippen molar-refractivity contribution in [3.05, 3.63) is 64.9 Å². The molecule has 0 fully saturated rings. The van der Waals surface area contributed by atoms with Gasteiger partial charge in [-0.05, 0) is 29.8 Å². The van der Waals surface area contributed by atoms with Gasteiger partial charge in [0.2, 0.25) is 10.0 Å². The van der Waals surface area contributed by atoms with Crippen LogP contribution in [0, 0.1) is 0 Å². The zero-order chi connectivity index (χ0) is 14.9. The van der Waals surface area contributed by atoms with E-state index < -0.39 is 10.0 Å². The quantitative estimate of drug-likeness (QED) is 0.792. The minimum Gasteiger partial charge on any atom is -0.207 e. The normalized spacial score (nSPS) is 13.4. The van der Waals surface area contributed by atoms with E-state index in [2.05, 4.69) is 4.72 Å². The number of sulfonamides is 1. The highest BCUT2D eigenvalue weighted by Gasteiger charge is 2.20. The predicted molar refractivity (Wildman–Crippen MR) is 87.0 cm³/mol. The molecule has 0 aliphatic rings. The van der Waals surface area contributed by atoms with Gasteiger partial charge in [0.25, 0.3) is 0 Å². The molecule has 0 aliphatic carbocycles. The first-order chi connectivity index (χ1) is 10.1. The van der Waals surface area contributed by atoms with Gasteiger partial charge in [0, 0.05) is 10.3 Å². The highest BCUT2D eigenvalue weighted by atomic mass is 32.2. The number of hydrogen-bond acceptors (Lipinski definition) is 3. The van der Waals surface area contributed by atoms with E-state index >= 15 is 0 Å². The Kier molecular flexibility index (Phi) is 3.80. The second-order valence-electron chi connectivity index (χ2n) is 4.84. The van der Waals surface area contributed by atoms with E-state index in [1.54, 1.807) is 23.5 Å². The van der Waals surface area contributed by atoms with E-state index in [0.717, 1.165) is 15.6 Å². The van der Waals surface area contributed by atoms with Gasteiger partial charge in [-0.15, -0.1) is 11.3 Å². The Bertz CT molecular complexity index is 850. The third-order valence-corrected chi connectivity index (χ3v) is 5.99. The van der Waals surface area contributed by atoms with Crippen molar-refractivity contribution in [1.82, 2.24) is 4.72 Å². The van der Waals surface area contributed by atoms with Crippen LogP contribution >= 0.6 is 11.3 Å². The van der Waals surface area contributed by atoms with Gasteiger partial charge < -0.3 is 0 Å². The van der Waals surface area contributed by atoms with Gasteiger partial charge in [-0.2, -0.15) is 0 Å². The molecule has 1 heterocycles. The number of hydrogen-bond donors (Lipinski definition) is 1. The lowest BCUT2D eigenvalue weighted by Gasteiger charge is -2.14. The van der Waals surface area contributed by atoms with Crippen LogP contribution in [-0.2, 0) is 10.0 Å². The molecule has 2 aromatic carbocycles. The SMILES string of the molecule is C[C@@H](NS(=O)(=O)c1cccc2ccccc12)c1cccs1. The summed E-state index contributed by atoms with van der Waals surface area (Å²) in [4.78, 5) is 1.32. The summed E-state index contributed by atoms with van der Waals surface area (Å²) in [5.41, 5.74) is 0. The van der Waals surface area contributed by atoms with Gasteiger partial charge in [0.15, 0.2) is 0 Å². The molecule has 0 aliphatic heterocycles. The molecule has 3 rings (SSSR count). The molecule has 0 saturated carbocycles. The topological polar surface area (TPSA) is 46.2 Å². The average molecular weight is 317 g/mol. The monoisotopic (exact) mass is 317 g/mol. The largest absolute Gasteiger partial charge is 0.241 e. The molecule has 1 aromatic heterocycles. The Morgan fingerprint density at radius 2 is 1.76 bits per heavy atom. The van der Waals surface area contributed by atoms with E-state index in [4.69, 9.17) is 0 Å². The van der Waals surface area contributed by atoms with Crippen molar-refractivity contribution >= 4 is 32.1 Å². The van der Waals surface area contributed by atoms with Crippen LogP contribution in [0.15, 0.2) is 64.9 Å². The molecule has 0 radical (unpaired) electrons. The Morgan fingerprint density at radius 3 is 2.52 bits per heavy atom. The third kappa shape index (κ3) is 2.85. The first-order valence-electron chi connectivity index (χ1n) is 6.61. The molecule has 3 aromatic rings. The lowest BCUT2D eigenvalue weighted by molar-refractivity contribution is 0.569. The van der Waals surface area contributed by atoms with Crippen molar-refractivity contribution in [3.8, 4) is 0 Å². The number of fused-ring (bicyclic) bond motifs is 1. The Balaban J connectivity index is 2.01. The molecule has 0 unspecified atom stereocenters. The molecule has 5 heteroatoms. The van der Waals surface area contributed by atoms with Crippen LogP contribution in [0.3, 0.4) is 0 Å². The maximum absolute atomic E-state index is 12.6. The molecular formula is C16H15NO2S2. The van der Waals surface area contributed by atoms with Gasteiger partial charge in [-0.3, -0.25) is 0 Å². The zero-order valence-corrected chi connectivity index (χ0v) is 13.1. The van der Waals surface area contributed by atoms with Gasteiger partial charge in [0.1, 0.15) is 0 Å². The van der Waals surface area contributed by atoms with Crippen LogP contribution in [-0.4, -0.2) is 8.42 Å². The molecule has 0 amide bonds. The van der Waals surface area contributed by atoms with Crippen LogP contribution in [0.4, 0.5) is 0 Å². The van der Waals surface area contributed by atoms with Crippen molar-refractivity contribution in [3.63, 3.8) is 0 Å². The zero-order valence-electron chi connectivity index (χ0n) is 11.5. The Morgan fingerprint density at radius 1 is 1.00 bits per heavy atom. The first kappa shape index (κ1) is 14.3. The second kappa shape index (κ2) is 5.60. The highest BCUT2D eigenvalue weighted by molar-refractivity contribution is 7.89. The molecule has 0 bridgehead atoms. The van der Waals surface area contributed by atoms with Crippen LogP contribution in [0.5, 0.6) is 0 Å². The highest BCUT2D eigenvalue weighted by Crippen LogP contribution is 2.25. The van der Waals surface area contributed by atoms with E-state index in [1.165, 1.54) is 0 Å². The summed E-state index contributed by atoms with van der Waals surface area (Å²) in [7, 11) is -3.56. The number of benzene rings is 2. The van der Waals surface area contributed by atoms with Gasteiger partial charge in [0.05, 0.1) is 10.9 Å². The molecule has 1 atom stereocenters. The van der Waals surface area contributed by atoms with Crippen molar-refractivity contribution in [1.29, 1.82) is 0 Å². The van der Waals surface area contributed by atoms with Crippen LogP contribution in [0.2, 0.25) is 0 Å². The molecular weight excluding hydrogens is 302 g/mol. The van der Waals surface area contributed by atoms with E-state index in [9.17, 15) is 8.42 Å². The van der Waals surface area contributed by atoms with Gasteiger partial charge >= 0.3 is 0 Å². The molecule has 3 nitrogen and oxygen atoms in total. The molecule has 108 valence electrons. The molecule has 1 N–H and O–H groups in total. The first-order valence-corrected chi connectivity index (χ1v) is 8.98. The second-order valence-corrected chi connectivity index (χ2v) is 7.50. The van der Waals surface area contributed by atoms with Crippen LogP contribution in [0.1, 0.15) is 17.8 Å². The maximum Gasteiger partial charge on any atom is 0.241 e. The van der Waals surface area contributed by atoms with Crippen molar-refractivity contribution in [2.75, 3.05) is 0 Å². The standard InChI is InChI=1S/C16H15NO2S2/c1-12(15-9-5-11-20-15)17-21(18,19)16-10-4-7-13-6-2-3-8-14(13)16/h2-12,17H,1H3/t12-/m1/s1. The lowest BCUT2D eigenvalue weighted by Crippen LogP contribution is -2.26. The molecule has 0 spiro atoms. The van der Waals surface area contributed by atoms with Gasteiger partial charge in [-0.25, -0.2) is 13.1 Å². The predicted octanol–water partition coefficient (Wildman–Crippen LogP) is 3.94. The van der Waals surface area contributed by atoms with E-state index in [0.29, 0.717) is 4.90 Å². The molecule has 0 saturated heterocycles. The number of rotatable bonds is 4. The summed E-state index contributed by atoms with van der Waals surface area (Å²) in [5, 5.41) is 3.60. The smallest absolute Gasteiger partial charge is 0.207 e. The summed E-state index contributed by atoms with van der Waals surface area (Å²) in [6.45, 7) is 1.86. The average Bonchev–Trinajstić information content (AvgIpc) is 3.00. The fourth-order valence-corrected chi connectivity index (χ4v) is 4.58. The minimum absolute atomic E-state index is 0.242. The maximum atomic E-state index is 12.6. The van der Waals surface area contributed by atoms with Crippen molar-refractivity contribution in [2.24, 2.45) is 0 Å². The van der Waals surface area contributed by atoms with Crippen LogP contribution in [0.25, 0.3) is 10.8 Å². The fraction of sp³-hybridized carbons (Fsp3) is 0.125. The summed E-state index contributed by atoms with van der Waals surface area (Å²) in [6, 6.07) is 16.4. The summed E-state index contributed by atoms with van der Waals surface area (Å²) < 4.78 is 28.0. The van der Waals surface area contributed by atoms with Crippen molar-refractivity contribution in [2.45, 2.75) is 17.9 Å². The van der Waals surface area contributed by atoms with Crippen LogP contribution < -0.4 is 4.72 Å². The summed E-state index contributed by atoms with van der Waals surface area (Å²) in [6.07, 6.45) is 0. The van der Waals surface area contributed by atoms with Gasteiger partial charge in [-0.1, -0.05) is 42.5 Å². The number of nitrogens with one attached hydrogen (secondary N) is 1. The summed E-state index contributed by atoms with van der Waals surface area (Å²) >= 11 is 1.54. The van der Waals surface area contributed by atoms with Crippen molar-refractivity contribution < 1.29 is 8.42 Å². The summed E-state index contributed by atoms with van der Waals surface area (Å²) in [5.74, 6) is 0. The fourth-order valence-electron chi connectivity index (χ4n) is 2.32. The number of thiophene rings is 1. The Hall–Kier alpha value is -1.69. The minimum atomic E-state index is -3.56. The third-order valence-electron chi connectivity index (χ3n) is 3.34. The Labute approximate surface area is 128 Å². The van der Waals surface area contributed by atoms with E-state index in [-0.39, 0.29) is 6.04 Å². The molecule has 21 heavy (non-hydrogen) atoms. The van der Waals surface area contributed by atoms with E-state index in [1.807, 2.05) is 54.8 Å². The lowest BCUT2D eigenvalue weighted by atomic mass is 10.1.